The summed E-state index contributed by atoms with van der Waals surface area (Å²) in [7, 11) is 0. The standard InChI is InChI=1S/C22H22FN3O4/c23-16-8-4-7-15(11-16)13-26(22(30)17-9-10-19(27)25-17)18(20(28)21(24)29)12-14-5-2-1-3-6-14/h1-8,11,17-18H,9-10,12-13H2,(H2,24,29)(H,25,27)/t17-,18?/m1/s1. The topological polar surface area (TPSA) is 110 Å². The lowest BCUT2D eigenvalue weighted by Crippen LogP contribution is -2.54. The van der Waals surface area contributed by atoms with Crippen LogP contribution in [-0.2, 0) is 32.1 Å². The van der Waals surface area contributed by atoms with Crippen molar-refractivity contribution < 1.29 is 23.6 Å². The van der Waals surface area contributed by atoms with E-state index in [0.717, 1.165) is 5.56 Å². The minimum atomic E-state index is -1.18. The highest BCUT2D eigenvalue weighted by Crippen LogP contribution is 2.19. The molecule has 1 aliphatic heterocycles. The maximum Gasteiger partial charge on any atom is 0.287 e. The third-order valence-electron chi connectivity index (χ3n) is 5.01. The number of carbonyl (C=O) groups is 4. The van der Waals surface area contributed by atoms with Gasteiger partial charge in [0.15, 0.2) is 0 Å². The summed E-state index contributed by atoms with van der Waals surface area (Å²) in [6, 6.07) is 12.5. The second-order valence-corrected chi connectivity index (χ2v) is 7.19. The Morgan fingerprint density at radius 3 is 2.40 bits per heavy atom. The third kappa shape index (κ3) is 5.08. The van der Waals surface area contributed by atoms with E-state index in [1.54, 1.807) is 36.4 Å². The zero-order valence-corrected chi connectivity index (χ0v) is 16.2. The van der Waals surface area contributed by atoms with Crippen LogP contribution in [0.25, 0.3) is 0 Å². The number of Topliss-reactive ketones (excluding diaryl/α,β-unsaturated/α-hetero) is 1. The molecule has 0 aliphatic carbocycles. The van der Waals surface area contributed by atoms with Crippen LogP contribution in [0.2, 0.25) is 0 Å². The number of nitrogens with one attached hydrogen (secondary N) is 1. The summed E-state index contributed by atoms with van der Waals surface area (Å²) in [5, 5.41) is 2.59. The Hall–Kier alpha value is -3.55. The zero-order chi connectivity index (χ0) is 21.7. The van der Waals surface area contributed by atoms with Gasteiger partial charge in [-0.1, -0.05) is 42.5 Å². The van der Waals surface area contributed by atoms with Crippen molar-refractivity contribution in [2.24, 2.45) is 5.73 Å². The molecule has 2 aromatic carbocycles. The molecular formula is C22H22FN3O4. The average molecular weight is 411 g/mol. The summed E-state index contributed by atoms with van der Waals surface area (Å²) < 4.78 is 13.7. The molecule has 1 heterocycles. The molecule has 3 amide bonds. The van der Waals surface area contributed by atoms with Crippen LogP contribution in [0.1, 0.15) is 24.0 Å². The van der Waals surface area contributed by atoms with Gasteiger partial charge in [0.2, 0.25) is 17.6 Å². The number of primary amides is 1. The Balaban J connectivity index is 1.98. The van der Waals surface area contributed by atoms with Crippen LogP contribution in [0, 0.1) is 5.82 Å². The summed E-state index contributed by atoms with van der Waals surface area (Å²) in [5.41, 5.74) is 6.44. The van der Waals surface area contributed by atoms with Crippen molar-refractivity contribution in [3.05, 3.63) is 71.5 Å². The fourth-order valence-corrected chi connectivity index (χ4v) is 3.52. The van der Waals surface area contributed by atoms with Gasteiger partial charge in [-0.05, 0) is 29.7 Å². The molecule has 7 nitrogen and oxygen atoms in total. The Labute approximate surface area is 173 Å². The van der Waals surface area contributed by atoms with E-state index in [0.29, 0.717) is 5.56 Å². The number of rotatable bonds is 8. The molecular weight excluding hydrogens is 389 g/mol. The number of carbonyl (C=O) groups excluding carboxylic acids is 4. The number of nitrogens with zero attached hydrogens (tertiary/aromatic N) is 1. The van der Waals surface area contributed by atoms with Crippen LogP contribution in [0.15, 0.2) is 54.6 Å². The van der Waals surface area contributed by atoms with Crippen LogP contribution in [0.3, 0.4) is 0 Å². The first-order valence-electron chi connectivity index (χ1n) is 9.57. The summed E-state index contributed by atoms with van der Waals surface area (Å²) in [6.07, 6.45) is 0.530. The van der Waals surface area contributed by atoms with Crippen LogP contribution >= 0.6 is 0 Å². The van der Waals surface area contributed by atoms with Crippen LogP contribution in [0.5, 0.6) is 0 Å². The molecule has 0 saturated carbocycles. The largest absolute Gasteiger partial charge is 0.363 e. The quantitative estimate of drug-likeness (QED) is 0.634. The summed E-state index contributed by atoms with van der Waals surface area (Å²) in [6.45, 7) is -0.112. The first-order valence-corrected chi connectivity index (χ1v) is 9.57. The molecule has 2 aromatic rings. The smallest absolute Gasteiger partial charge is 0.287 e. The molecule has 8 heteroatoms. The molecule has 0 bridgehead atoms. The van der Waals surface area contributed by atoms with Gasteiger partial charge in [-0.3, -0.25) is 19.2 Å². The van der Waals surface area contributed by atoms with Crippen molar-refractivity contribution >= 4 is 23.5 Å². The minimum absolute atomic E-state index is 0.0599. The number of ketones is 1. The monoisotopic (exact) mass is 411 g/mol. The van der Waals surface area contributed by atoms with Gasteiger partial charge in [-0.2, -0.15) is 0 Å². The SMILES string of the molecule is NC(=O)C(=O)C(Cc1ccccc1)N(Cc1cccc(F)c1)C(=O)[C@H]1CCC(=O)N1. The molecule has 3 N–H and O–H groups in total. The molecule has 1 unspecified atom stereocenters. The summed E-state index contributed by atoms with van der Waals surface area (Å²) in [4.78, 5) is 50.5. The number of hydrogen-bond donors (Lipinski definition) is 2. The number of benzene rings is 2. The average Bonchev–Trinajstić information content (AvgIpc) is 3.16. The van der Waals surface area contributed by atoms with E-state index < -0.39 is 35.5 Å². The molecule has 0 aromatic heterocycles. The zero-order valence-electron chi connectivity index (χ0n) is 16.2. The van der Waals surface area contributed by atoms with E-state index in [1.807, 2.05) is 0 Å². The lowest BCUT2D eigenvalue weighted by Gasteiger charge is -2.32. The third-order valence-corrected chi connectivity index (χ3v) is 5.01. The van der Waals surface area contributed by atoms with E-state index >= 15 is 0 Å². The predicted octanol–water partition coefficient (Wildman–Crippen LogP) is 1.10. The Morgan fingerprint density at radius 1 is 1.10 bits per heavy atom. The van der Waals surface area contributed by atoms with Crippen molar-refractivity contribution in [2.45, 2.75) is 37.9 Å². The minimum Gasteiger partial charge on any atom is -0.363 e. The first kappa shape index (κ1) is 21.2. The highest BCUT2D eigenvalue weighted by atomic mass is 19.1. The van der Waals surface area contributed by atoms with Crippen molar-refractivity contribution in [3.8, 4) is 0 Å². The molecule has 2 atom stereocenters. The molecule has 1 saturated heterocycles. The summed E-state index contributed by atoms with van der Waals surface area (Å²) >= 11 is 0. The van der Waals surface area contributed by atoms with Gasteiger partial charge in [0.05, 0.1) is 0 Å². The van der Waals surface area contributed by atoms with Crippen molar-refractivity contribution in [2.75, 3.05) is 0 Å². The van der Waals surface area contributed by atoms with Gasteiger partial charge in [-0.15, -0.1) is 0 Å². The van der Waals surface area contributed by atoms with Gasteiger partial charge in [0.1, 0.15) is 17.9 Å². The van der Waals surface area contributed by atoms with Crippen LogP contribution in [-0.4, -0.2) is 40.5 Å². The Bertz CT molecular complexity index is 964. The molecule has 1 fully saturated rings. The second kappa shape index (κ2) is 9.30. The van der Waals surface area contributed by atoms with E-state index in [-0.39, 0.29) is 31.7 Å². The van der Waals surface area contributed by atoms with E-state index in [4.69, 9.17) is 5.73 Å². The number of halogens is 1. The van der Waals surface area contributed by atoms with Crippen LogP contribution in [0.4, 0.5) is 4.39 Å². The normalized spacial score (nSPS) is 16.6. The van der Waals surface area contributed by atoms with Gasteiger partial charge >= 0.3 is 0 Å². The Morgan fingerprint density at radius 2 is 1.80 bits per heavy atom. The molecule has 30 heavy (non-hydrogen) atoms. The highest BCUT2D eigenvalue weighted by Gasteiger charge is 2.38. The van der Waals surface area contributed by atoms with Crippen molar-refractivity contribution in [1.29, 1.82) is 0 Å². The number of nitrogens with two attached hydrogens (primary N) is 1. The van der Waals surface area contributed by atoms with Crippen molar-refractivity contribution in [1.82, 2.24) is 10.2 Å². The van der Waals surface area contributed by atoms with Gasteiger partial charge in [0.25, 0.3) is 5.91 Å². The van der Waals surface area contributed by atoms with E-state index in [1.165, 1.54) is 23.1 Å². The van der Waals surface area contributed by atoms with Crippen molar-refractivity contribution in [3.63, 3.8) is 0 Å². The molecule has 1 aliphatic rings. The molecule has 3 rings (SSSR count). The number of hydrogen-bond acceptors (Lipinski definition) is 4. The molecule has 0 spiro atoms. The van der Waals surface area contributed by atoms with Gasteiger partial charge < -0.3 is 16.0 Å². The second-order valence-electron chi connectivity index (χ2n) is 7.19. The lowest BCUT2D eigenvalue weighted by atomic mass is 9.98. The van der Waals surface area contributed by atoms with E-state index in [2.05, 4.69) is 5.32 Å². The van der Waals surface area contributed by atoms with E-state index in [9.17, 15) is 23.6 Å². The van der Waals surface area contributed by atoms with Gasteiger partial charge in [-0.25, -0.2) is 4.39 Å². The van der Waals surface area contributed by atoms with Gasteiger partial charge in [0, 0.05) is 19.4 Å². The highest BCUT2D eigenvalue weighted by molar-refractivity contribution is 6.37. The fourth-order valence-electron chi connectivity index (χ4n) is 3.52. The molecule has 0 radical (unpaired) electrons. The summed E-state index contributed by atoms with van der Waals surface area (Å²) in [5.74, 6) is -3.35. The Kier molecular flexibility index (Phi) is 6.56. The maximum absolute atomic E-state index is 13.7. The number of amides is 3. The molecule has 156 valence electrons. The lowest BCUT2D eigenvalue weighted by molar-refractivity contribution is -0.146. The first-order chi connectivity index (χ1) is 14.3. The van der Waals surface area contributed by atoms with Crippen LogP contribution < -0.4 is 11.1 Å². The predicted molar refractivity (Wildman–Crippen MR) is 106 cm³/mol. The maximum atomic E-state index is 13.7. The fraction of sp³-hybridized carbons (Fsp3) is 0.273.